The van der Waals surface area contributed by atoms with Gasteiger partial charge in [-0.1, -0.05) is 6.58 Å². The van der Waals surface area contributed by atoms with Crippen LogP contribution in [0.1, 0.15) is 34.1 Å². The number of cyclic esters (lactones) is 1. The van der Waals surface area contributed by atoms with Gasteiger partial charge in [0.2, 0.25) is 5.60 Å². The van der Waals surface area contributed by atoms with E-state index in [-0.39, 0.29) is 12.4 Å². The van der Waals surface area contributed by atoms with E-state index in [2.05, 4.69) is 6.58 Å². The second-order valence-corrected chi connectivity index (χ2v) is 5.61. The standard InChI is InChI=1S/C15H20O6/c1-6-11(16)20-10(2)9-14(3,4)12(17)21-15(5)7-8-19-13(15)18/h6,9H,1,7-8H2,2-5H3/b10-9+. The van der Waals surface area contributed by atoms with Crippen molar-refractivity contribution < 1.29 is 28.6 Å². The molecule has 1 unspecified atom stereocenters. The van der Waals surface area contributed by atoms with Gasteiger partial charge in [-0.05, 0) is 33.8 Å². The highest BCUT2D eigenvalue weighted by molar-refractivity contribution is 5.87. The molecule has 0 aliphatic carbocycles. The summed E-state index contributed by atoms with van der Waals surface area (Å²) in [5.41, 5.74) is -2.31. The van der Waals surface area contributed by atoms with Gasteiger partial charge in [-0.2, -0.15) is 0 Å². The summed E-state index contributed by atoms with van der Waals surface area (Å²) in [7, 11) is 0. The van der Waals surface area contributed by atoms with Gasteiger partial charge in [-0.25, -0.2) is 9.59 Å². The predicted molar refractivity (Wildman–Crippen MR) is 73.9 cm³/mol. The monoisotopic (exact) mass is 296 g/mol. The summed E-state index contributed by atoms with van der Waals surface area (Å²) in [6.07, 6.45) is 2.81. The van der Waals surface area contributed by atoms with Gasteiger partial charge in [-0.3, -0.25) is 4.79 Å². The third-order valence-corrected chi connectivity index (χ3v) is 3.08. The van der Waals surface area contributed by atoms with Gasteiger partial charge < -0.3 is 14.2 Å². The zero-order valence-electron chi connectivity index (χ0n) is 12.7. The first-order valence-electron chi connectivity index (χ1n) is 6.55. The van der Waals surface area contributed by atoms with Gasteiger partial charge in [0.1, 0.15) is 5.76 Å². The van der Waals surface area contributed by atoms with Gasteiger partial charge in [0.05, 0.1) is 12.0 Å². The molecule has 0 N–H and O–H groups in total. The molecule has 0 bridgehead atoms. The number of carbonyl (C=O) groups is 3. The maximum atomic E-state index is 12.2. The largest absolute Gasteiger partial charge is 0.463 e. The Morgan fingerprint density at radius 3 is 2.52 bits per heavy atom. The van der Waals surface area contributed by atoms with Crippen LogP contribution in [0.4, 0.5) is 0 Å². The molecule has 1 atom stereocenters. The summed E-state index contributed by atoms with van der Waals surface area (Å²) in [6.45, 7) is 9.78. The van der Waals surface area contributed by atoms with Crippen LogP contribution in [0.2, 0.25) is 0 Å². The average Bonchev–Trinajstić information content (AvgIpc) is 2.68. The van der Waals surface area contributed by atoms with Crippen LogP contribution >= 0.6 is 0 Å². The van der Waals surface area contributed by atoms with Crippen molar-refractivity contribution in [1.82, 2.24) is 0 Å². The normalized spacial score (nSPS) is 22.5. The summed E-state index contributed by atoms with van der Waals surface area (Å²) >= 11 is 0. The lowest BCUT2D eigenvalue weighted by Gasteiger charge is -2.26. The minimum absolute atomic E-state index is 0.231. The van der Waals surface area contributed by atoms with E-state index in [1.54, 1.807) is 20.8 Å². The molecule has 1 fully saturated rings. The second kappa shape index (κ2) is 6.11. The van der Waals surface area contributed by atoms with Gasteiger partial charge in [-0.15, -0.1) is 0 Å². The van der Waals surface area contributed by atoms with E-state index in [1.807, 2.05) is 0 Å². The van der Waals surface area contributed by atoms with E-state index < -0.39 is 28.9 Å². The van der Waals surface area contributed by atoms with Crippen LogP contribution in [-0.2, 0) is 28.6 Å². The van der Waals surface area contributed by atoms with Crippen molar-refractivity contribution >= 4 is 17.9 Å². The van der Waals surface area contributed by atoms with Crippen molar-refractivity contribution in [3.8, 4) is 0 Å². The molecular formula is C15H20O6. The Kier molecular flexibility index (Phi) is 4.93. The van der Waals surface area contributed by atoms with Crippen LogP contribution in [0.15, 0.2) is 24.5 Å². The maximum absolute atomic E-state index is 12.2. The summed E-state index contributed by atoms with van der Waals surface area (Å²) in [5.74, 6) is -1.51. The molecule has 0 aromatic rings. The minimum Gasteiger partial charge on any atom is -0.463 e. The smallest absolute Gasteiger partial charge is 0.350 e. The van der Waals surface area contributed by atoms with Gasteiger partial charge in [0.25, 0.3) is 0 Å². The van der Waals surface area contributed by atoms with E-state index in [0.29, 0.717) is 6.42 Å². The Bertz CT molecular complexity index is 502. The molecule has 0 radical (unpaired) electrons. The molecule has 116 valence electrons. The van der Waals surface area contributed by atoms with Crippen LogP contribution in [-0.4, -0.2) is 30.1 Å². The fourth-order valence-corrected chi connectivity index (χ4v) is 1.82. The number of hydrogen-bond donors (Lipinski definition) is 0. The first-order chi connectivity index (χ1) is 9.60. The predicted octanol–water partition coefficient (Wildman–Crippen LogP) is 1.89. The molecule has 1 heterocycles. The van der Waals surface area contributed by atoms with Crippen LogP contribution in [0, 0.1) is 5.41 Å². The fourth-order valence-electron chi connectivity index (χ4n) is 1.82. The Balaban J connectivity index is 2.79. The van der Waals surface area contributed by atoms with Crippen molar-refractivity contribution in [2.45, 2.75) is 39.7 Å². The summed E-state index contributed by atoms with van der Waals surface area (Å²) in [4.78, 5) is 34.9. The van der Waals surface area contributed by atoms with Crippen LogP contribution in [0.3, 0.4) is 0 Å². The van der Waals surface area contributed by atoms with E-state index >= 15 is 0 Å². The minimum atomic E-state index is -1.26. The van der Waals surface area contributed by atoms with Gasteiger partial charge in [0, 0.05) is 12.5 Å². The van der Waals surface area contributed by atoms with E-state index in [9.17, 15) is 14.4 Å². The highest BCUT2D eigenvalue weighted by Crippen LogP contribution is 2.30. The number of carbonyl (C=O) groups excluding carboxylic acids is 3. The van der Waals surface area contributed by atoms with E-state index in [1.165, 1.54) is 13.0 Å². The molecule has 0 aromatic carbocycles. The number of allylic oxidation sites excluding steroid dienone is 1. The summed E-state index contributed by atoms with van der Waals surface area (Å²) < 4.78 is 15.0. The first-order valence-corrected chi connectivity index (χ1v) is 6.55. The molecule has 6 heteroatoms. The van der Waals surface area contributed by atoms with Crippen molar-refractivity contribution in [3.05, 3.63) is 24.5 Å². The van der Waals surface area contributed by atoms with Gasteiger partial charge >= 0.3 is 17.9 Å². The third kappa shape index (κ3) is 4.18. The lowest BCUT2D eigenvalue weighted by molar-refractivity contribution is -0.175. The first kappa shape index (κ1) is 16.9. The molecule has 1 saturated heterocycles. The number of esters is 3. The zero-order valence-corrected chi connectivity index (χ0v) is 12.7. The molecular weight excluding hydrogens is 276 g/mol. The summed E-state index contributed by atoms with van der Waals surface area (Å²) in [6, 6.07) is 0. The molecule has 0 aromatic heterocycles. The highest BCUT2D eigenvalue weighted by Gasteiger charge is 2.46. The molecule has 21 heavy (non-hydrogen) atoms. The Hall–Kier alpha value is -2.11. The second-order valence-electron chi connectivity index (χ2n) is 5.61. The Labute approximate surface area is 123 Å². The molecule has 1 aliphatic heterocycles. The zero-order chi connectivity index (χ0) is 16.3. The molecule has 0 amide bonds. The number of hydrogen-bond acceptors (Lipinski definition) is 6. The van der Waals surface area contributed by atoms with Crippen molar-refractivity contribution in [1.29, 1.82) is 0 Å². The molecule has 1 rings (SSSR count). The van der Waals surface area contributed by atoms with Crippen LogP contribution in [0.5, 0.6) is 0 Å². The molecule has 0 saturated carbocycles. The van der Waals surface area contributed by atoms with Crippen molar-refractivity contribution in [2.24, 2.45) is 5.41 Å². The fraction of sp³-hybridized carbons (Fsp3) is 0.533. The Morgan fingerprint density at radius 2 is 2.05 bits per heavy atom. The summed E-state index contributed by atoms with van der Waals surface area (Å²) in [5, 5.41) is 0. The molecule has 6 nitrogen and oxygen atoms in total. The quantitative estimate of drug-likeness (QED) is 0.334. The lowest BCUT2D eigenvalue weighted by atomic mass is 9.92. The highest BCUT2D eigenvalue weighted by atomic mass is 16.6. The lowest BCUT2D eigenvalue weighted by Crippen LogP contribution is -2.40. The number of ether oxygens (including phenoxy) is 3. The topological polar surface area (TPSA) is 78.9 Å². The Morgan fingerprint density at radius 1 is 1.43 bits per heavy atom. The van der Waals surface area contributed by atoms with Crippen LogP contribution in [0.25, 0.3) is 0 Å². The van der Waals surface area contributed by atoms with Crippen molar-refractivity contribution in [2.75, 3.05) is 6.61 Å². The third-order valence-electron chi connectivity index (χ3n) is 3.08. The average molecular weight is 296 g/mol. The molecule has 1 aliphatic rings. The maximum Gasteiger partial charge on any atom is 0.350 e. The molecule has 0 spiro atoms. The van der Waals surface area contributed by atoms with Gasteiger partial charge in [0.15, 0.2) is 0 Å². The van der Waals surface area contributed by atoms with E-state index in [0.717, 1.165) is 6.08 Å². The van der Waals surface area contributed by atoms with Crippen molar-refractivity contribution in [3.63, 3.8) is 0 Å². The van der Waals surface area contributed by atoms with Crippen LogP contribution < -0.4 is 0 Å². The SMILES string of the molecule is C=CC(=O)O/C(C)=C/C(C)(C)C(=O)OC1(C)CCOC1=O. The van der Waals surface area contributed by atoms with E-state index in [4.69, 9.17) is 14.2 Å². The number of rotatable bonds is 5.